The van der Waals surface area contributed by atoms with Gasteiger partial charge >= 0.3 is 0 Å². The number of aliphatic hydroxyl groups is 3. The zero-order chi connectivity index (χ0) is 13.6. The van der Waals surface area contributed by atoms with Crippen molar-refractivity contribution in [1.82, 2.24) is 25.0 Å². The number of nitrogens with zero attached hydrogens (tertiary/aromatic N) is 4. The number of rotatable bonds is 2. The highest BCUT2D eigenvalue weighted by Gasteiger charge is 2.44. The largest absolute Gasteiger partial charge is 0.394 e. The third kappa shape index (κ3) is 1.73. The van der Waals surface area contributed by atoms with E-state index in [1.54, 1.807) is 0 Å². The number of aliphatic hydroxyl groups excluding tert-OH is 3. The van der Waals surface area contributed by atoms with Gasteiger partial charge in [-0.25, -0.2) is 4.98 Å². The topological polar surface area (TPSA) is 146 Å². The first-order chi connectivity index (χ1) is 9.13. The number of hydrogen-bond acceptors (Lipinski definition) is 8. The van der Waals surface area contributed by atoms with Gasteiger partial charge in [0, 0.05) is 0 Å². The Hall–Kier alpha value is -1.88. The molecule has 0 saturated carbocycles. The fourth-order valence-corrected chi connectivity index (χ4v) is 2.03. The molecule has 1 fully saturated rings. The van der Waals surface area contributed by atoms with Gasteiger partial charge < -0.3 is 25.0 Å². The van der Waals surface area contributed by atoms with E-state index in [1.807, 2.05) is 0 Å². The molecule has 2 aromatic rings. The molecule has 4 N–H and O–H groups in total. The van der Waals surface area contributed by atoms with Gasteiger partial charge in [0.05, 0.1) is 12.9 Å². The monoisotopic (exact) mass is 269 g/mol. The highest BCUT2D eigenvalue weighted by atomic mass is 16.6. The summed E-state index contributed by atoms with van der Waals surface area (Å²) in [5.74, 6) is 0. The van der Waals surface area contributed by atoms with Crippen LogP contribution in [-0.4, -0.2) is 65.2 Å². The van der Waals surface area contributed by atoms with E-state index in [0.29, 0.717) is 0 Å². The molecule has 10 nitrogen and oxygen atoms in total. The summed E-state index contributed by atoms with van der Waals surface area (Å²) in [6.45, 7) is -0.449. The second-order valence-corrected chi connectivity index (χ2v) is 4.17. The van der Waals surface area contributed by atoms with Crippen molar-refractivity contribution < 1.29 is 20.1 Å². The molecule has 19 heavy (non-hydrogen) atoms. The van der Waals surface area contributed by atoms with Gasteiger partial charge in [-0.1, -0.05) is 5.21 Å². The molecule has 3 heterocycles. The number of fused-ring (bicyclic) bond motifs is 1. The lowest BCUT2D eigenvalue weighted by molar-refractivity contribution is -0.0574. The van der Waals surface area contributed by atoms with Gasteiger partial charge in [0.2, 0.25) is 0 Å². The van der Waals surface area contributed by atoms with Crippen molar-refractivity contribution in [3.8, 4) is 0 Å². The van der Waals surface area contributed by atoms with Gasteiger partial charge in [-0.2, -0.15) is 4.68 Å². The number of aromatic amines is 1. The van der Waals surface area contributed by atoms with Crippen molar-refractivity contribution in [2.75, 3.05) is 6.61 Å². The zero-order valence-electron chi connectivity index (χ0n) is 9.54. The Kier molecular flexibility index (Phi) is 2.78. The summed E-state index contributed by atoms with van der Waals surface area (Å²) >= 11 is 0. The summed E-state index contributed by atoms with van der Waals surface area (Å²) in [5.41, 5.74) is -0.346. The Bertz CT molecular complexity index is 654. The lowest BCUT2D eigenvalue weighted by Crippen LogP contribution is -2.33. The van der Waals surface area contributed by atoms with Crippen LogP contribution in [0.5, 0.6) is 0 Å². The third-order valence-electron chi connectivity index (χ3n) is 3.03. The second kappa shape index (κ2) is 4.35. The number of ether oxygens (including phenoxy) is 1. The van der Waals surface area contributed by atoms with Gasteiger partial charge in [-0.15, -0.1) is 5.10 Å². The maximum atomic E-state index is 11.5. The van der Waals surface area contributed by atoms with E-state index in [1.165, 1.54) is 6.33 Å². The Labute approximate surface area is 105 Å². The fraction of sp³-hybridized carbons (Fsp3) is 0.556. The van der Waals surface area contributed by atoms with Crippen LogP contribution < -0.4 is 5.56 Å². The molecule has 0 spiro atoms. The molecule has 1 aliphatic heterocycles. The normalized spacial score (nSPS) is 31.1. The summed E-state index contributed by atoms with van der Waals surface area (Å²) in [5, 5.41) is 35.9. The maximum absolute atomic E-state index is 11.5. The molecule has 3 rings (SSSR count). The Morgan fingerprint density at radius 3 is 2.89 bits per heavy atom. The summed E-state index contributed by atoms with van der Waals surface area (Å²) < 4.78 is 6.39. The van der Waals surface area contributed by atoms with Crippen LogP contribution in [0.2, 0.25) is 0 Å². The van der Waals surface area contributed by atoms with E-state index >= 15 is 0 Å². The maximum Gasteiger partial charge on any atom is 0.280 e. The highest BCUT2D eigenvalue weighted by molar-refractivity contribution is 5.67. The van der Waals surface area contributed by atoms with Crippen molar-refractivity contribution in [2.45, 2.75) is 24.5 Å². The van der Waals surface area contributed by atoms with E-state index in [0.717, 1.165) is 4.68 Å². The lowest BCUT2D eigenvalue weighted by Gasteiger charge is -2.14. The molecule has 0 aliphatic carbocycles. The van der Waals surface area contributed by atoms with E-state index in [9.17, 15) is 15.0 Å². The minimum Gasteiger partial charge on any atom is -0.394 e. The molecule has 4 atom stereocenters. The van der Waals surface area contributed by atoms with Crippen LogP contribution in [0, 0.1) is 0 Å². The van der Waals surface area contributed by atoms with E-state index in [-0.39, 0.29) is 11.2 Å². The molecule has 0 bridgehead atoms. The summed E-state index contributed by atoms with van der Waals surface area (Å²) in [4.78, 5) is 17.7. The summed E-state index contributed by atoms with van der Waals surface area (Å²) in [6.07, 6.45) is -3.38. The van der Waals surface area contributed by atoms with Crippen molar-refractivity contribution in [3.63, 3.8) is 0 Å². The van der Waals surface area contributed by atoms with E-state index < -0.39 is 36.7 Å². The standard InChI is InChI=1S/C9H11N5O5/c15-1-3-5(16)6(17)9(19-3)14-7-4(12-13-14)8(18)11-2-10-7/h2-3,5-6,9,15-17H,1H2,(H,10,11,18)/t3-,5+,6?,9-/m1/s1. The predicted molar refractivity (Wildman–Crippen MR) is 59.0 cm³/mol. The van der Waals surface area contributed by atoms with Crippen molar-refractivity contribution in [2.24, 2.45) is 0 Å². The van der Waals surface area contributed by atoms with Gasteiger partial charge in [0.25, 0.3) is 5.56 Å². The SMILES string of the molecule is O=c1[nH]cnc2c1nnn2[C@@H]1O[C@H](CO)[C@H](O)C1O. The molecule has 1 aliphatic rings. The number of H-pyrrole nitrogens is 1. The Morgan fingerprint density at radius 1 is 1.42 bits per heavy atom. The quantitative estimate of drug-likeness (QED) is 0.455. The zero-order valence-corrected chi connectivity index (χ0v) is 9.54. The summed E-state index contributed by atoms with van der Waals surface area (Å²) in [7, 11) is 0. The molecular formula is C9H11N5O5. The van der Waals surface area contributed by atoms with Crippen LogP contribution in [0.3, 0.4) is 0 Å². The minimum atomic E-state index is -1.30. The van der Waals surface area contributed by atoms with Gasteiger partial charge in [0.1, 0.15) is 18.3 Å². The third-order valence-corrected chi connectivity index (χ3v) is 3.03. The Morgan fingerprint density at radius 2 is 2.21 bits per heavy atom. The molecular weight excluding hydrogens is 258 g/mol. The van der Waals surface area contributed by atoms with Gasteiger partial charge in [-0.05, 0) is 0 Å². The first-order valence-corrected chi connectivity index (χ1v) is 5.54. The average Bonchev–Trinajstić information content (AvgIpc) is 2.94. The van der Waals surface area contributed by atoms with Crippen LogP contribution in [0.4, 0.5) is 0 Å². The second-order valence-electron chi connectivity index (χ2n) is 4.17. The number of hydrogen-bond donors (Lipinski definition) is 4. The van der Waals surface area contributed by atoms with Crippen LogP contribution in [0.15, 0.2) is 11.1 Å². The van der Waals surface area contributed by atoms with Crippen molar-refractivity contribution in [3.05, 3.63) is 16.7 Å². The van der Waals surface area contributed by atoms with Crippen LogP contribution >= 0.6 is 0 Å². The molecule has 102 valence electrons. The first-order valence-electron chi connectivity index (χ1n) is 5.54. The first kappa shape index (κ1) is 12.2. The van der Waals surface area contributed by atoms with Crippen LogP contribution in [0.1, 0.15) is 6.23 Å². The highest BCUT2D eigenvalue weighted by Crippen LogP contribution is 2.29. The van der Waals surface area contributed by atoms with Gasteiger partial charge in [-0.3, -0.25) is 4.79 Å². The Balaban J connectivity index is 2.06. The minimum absolute atomic E-state index is 0.000221. The average molecular weight is 269 g/mol. The molecule has 1 saturated heterocycles. The number of nitrogens with one attached hydrogen (secondary N) is 1. The fourth-order valence-electron chi connectivity index (χ4n) is 2.03. The van der Waals surface area contributed by atoms with Crippen LogP contribution in [-0.2, 0) is 4.74 Å². The molecule has 2 aromatic heterocycles. The number of aromatic nitrogens is 5. The smallest absolute Gasteiger partial charge is 0.280 e. The van der Waals surface area contributed by atoms with E-state index in [4.69, 9.17) is 9.84 Å². The molecule has 0 radical (unpaired) electrons. The van der Waals surface area contributed by atoms with Crippen molar-refractivity contribution in [1.29, 1.82) is 0 Å². The molecule has 0 amide bonds. The molecule has 0 aromatic carbocycles. The van der Waals surface area contributed by atoms with Crippen LogP contribution in [0.25, 0.3) is 11.2 Å². The predicted octanol–water partition coefficient (Wildman–Crippen LogP) is -2.87. The lowest BCUT2D eigenvalue weighted by atomic mass is 10.1. The van der Waals surface area contributed by atoms with Crippen molar-refractivity contribution >= 4 is 11.2 Å². The molecule has 1 unspecified atom stereocenters. The van der Waals surface area contributed by atoms with E-state index in [2.05, 4.69) is 20.3 Å². The summed E-state index contributed by atoms with van der Waals surface area (Å²) in [6, 6.07) is 0. The van der Waals surface area contributed by atoms with Gasteiger partial charge in [0.15, 0.2) is 17.4 Å². The molecule has 10 heteroatoms.